The standard InChI is InChI=1S/C20H28O2/c1-2-20(16-7-13-5-14(9-16)10-17(20)8-13)22-19(21)18-11-12-3-4-15(18)6-12/h3-4,12-18H,2,5-11H2,1H3/t12-,13?,14?,15+,16?,17?,18-,20?/m1/s1. The molecular weight excluding hydrogens is 272 g/mol. The summed E-state index contributed by atoms with van der Waals surface area (Å²) in [5.74, 6) is 4.62. The highest BCUT2D eigenvalue weighted by Gasteiger charge is 2.59. The Kier molecular flexibility index (Phi) is 2.86. The Balaban J connectivity index is 1.38. The van der Waals surface area contributed by atoms with Crippen molar-refractivity contribution in [3.63, 3.8) is 0 Å². The summed E-state index contributed by atoms with van der Waals surface area (Å²) in [6, 6.07) is 0. The molecular formula is C20H28O2. The molecule has 0 saturated heterocycles. The van der Waals surface area contributed by atoms with Gasteiger partial charge in [0.2, 0.25) is 0 Å². The maximum absolute atomic E-state index is 12.9. The molecule has 3 atom stereocenters. The third kappa shape index (κ3) is 1.76. The number of allylic oxidation sites excluding steroid dienone is 2. The molecule has 0 amide bonds. The maximum Gasteiger partial charge on any atom is 0.310 e. The summed E-state index contributed by atoms with van der Waals surface area (Å²) < 4.78 is 6.43. The van der Waals surface area contributed by atoms with Gasteiger partial charge in [0.1, 0.15) is 5.60 Å². The zero-order valence-electron chi connectivity index (χ0n) is 13.7. The van der Waals surface area contributed by atoms with Crippen molar-refractivity contribution in [1.82, 2.24) is 0 Å². The normalized spacial score (nSPS) is 54.1. The van der Waals surface area contributed by atoms with Crippen LogP contribution in [0.15, 0.2) is 12.2 Å². The molecule has 0 aromatic rings. The molecule has 2 nitrogen and oxygen atoms in total. The molecule has 6 aliphatic rings. The van der Waals surface area contributed by atoms with Crippen molar-refractivity contribution in [3.8, 4) is 0 Å². The molecule has 0 spiro atoms. The average Bonchev–Trinajstić information content (AvgIpc) is 3.13. The molecule has 0 aliphatic heterocycles. The van der Waals surface area contributed by atoms with E-state index in [1.807, 2.05) is 0 Å². The van der Waals surface area contributed by atoms with Crippen molar-refractivity contribution in [1.29, 1.82) is 0 Å². The Morgan fingerprint density at radius 3 is 2.18 bits per heavy atom. The fraction of sp³-hybridized carbons (Fsp3) is 0.850. The lowest BCUT2D eigenvalue weighted by atomic mass is 9.49. The molecule has 0 aromatic heterocycles. The van der Waals surface area contributed by atoms with Crippen LogP contribution in [0.1, 0.15) is 58.3 Å². The number of ether oxygens (including phenoxy) is 1. The van der Waals surface area contributed by atoms with E-state index in [4.69, 9.17) is 4.74 Å². The lowest BCUT2D eigenvalue weighted by molar-refractivity contribution is -0.215. The summed E-state index contributed by atoms with van der Waals surface area (Å²) in [5.41, 5.74) is -0.101. The molecule has 2 heteroatoms. The first kappa shape index (κ1) is 13.6. The minimum absolute atomic E-state index is 0.101. The number of esters is 1. The zero-order valence-corrected chi connectivity index (χ0v) is 13.7. The first-order valence-electron chi connectivity index (χ1n) is 9.59. The monoisotopic (exact) mass is 300 g/mol. The second-order valence-corrected chi connectivity index (χ2v) is 8.92. The van der Waals surface area contributed by atoms with Gasteiger partial charge in [-0.25, -0.2) is 0 Å². The van der Waals surface area contributed by atoms with Crippen LogP contribution in [0.3, 0.4) is 0 Å². The van der Waals surface area contributed by atoms with Crippen LogP contribution >= 0.6 is 0 Å². The Hall–Kier alpha value is -0.790. The second kappa shape index (κ2) is 4.61. The van der Waals surface area contributed by atoms with Crippen LogP contribution < -0.4 is 0 Å². The molecule has 0 radical (unpaired) electrons. The van der Waals surface area contributed by atoms with Crippen LogP contribution in [0.2, 0.25) is 0 Å². The van der Waals surface area contributed by atoms with Crippen LogP contribution in [0.25, 0.3) is 0 Å². The smallest absolute Gasteiger partial charge is 0.310 e. The van der Waals surface area contributed by atoms with Crippen LogP contribution in [0.5, 0.6) is 0 Å². The van der Waals surface area contributed by atoms with Crippen LogP contribution in [0.4, 0.5) is 0 Å². The van der Waals surface area contributed by atoms with E-state index in [9.17, 15) is 4.79 Å². The first-order chi connectivity index (χ1) is 10.7. The largest absolute Gasteiger partial charge is 0.458 e. The minimum atomic E-state index is -0.101. The summed E-state index contributed by atoms with van der Waals surface area (Å²) in [6.07, 6.45) is 14.6. The van der Waals surface area contributed by atoms with Crippen LogP contribution in [-0.4, -0.2) is 11.6 Å². The highest BCUT2D eigenvalue weighted by molar-refractivity contribution is 5.74. The number of hydrogen-bond donors (Lipinski definition) is 0. The highest BCUT2D eigenvalue weighted by atomic mass is 16.6. The number of rotatable bonds is 3. The van der Waals surface area contributed by atoms with Gasteiger partial charge in [-0.1, -0.05) is 19.1 Å². The molecule has 22 heavy (non-hydrogen) atoms. The summed E-state index contributed by atoms with van der Waals surface area (Å²) >= 11 is 0. The van der Waals surface area contributed by atoms with Gasteiger partial charge < -0.3 is 4.74 Å². The first-order valence-corrected chi connectivity index (χ1v) is 9.59. The van der Waals surface area contributed by atoms with Gasteiger partial charge in [0.25, 0.3) is 0 Å². The lowest BCUT2D eigenvalue weighted by Crippen LogP contribution is -2.59. The van der Waals surface area contributed by atoms with Crippen LogP contribution in [-0.2, 0) is 9.53 Å². The van der Waals surface area contributed by atoms with Gasteiger partial charge in [0.05, 0.1) is 5.92 Å². The lowest BCUT2D eigenvalue weighted by Gasteiger charge is -2.60. The molecule has 5 fully saturated rings. The molecule has 0 unspecified atom stereocenters. The second-order valence-electron chi connectivity index (χ2n) is 8.92. The molecule has 5 saturated carbocycles. The van der Waals surface area contributed by atoms with E-state index in [0.29, 0.717) is 23.7 Å². The predicted molar refractivity (Wildman–Crippen MR) is 85.0 cm³/mol. The van der Waals surface area contributed by atoms with Crippen molar-refractivity contribution in [3.05, 3.63) is 12.2 Å². The van der Waals surface area contributed by atoms with E-state index in [1.165, 1.54) is 38.5 Å². The van der Waals surface area contributed by atoms with Crippen molar-refractivity contribution in [2.75, 3.05) is 0 Å². The predicted octanol–water partition coefficient (Wildman–Crippen LogP) is 4.35. The quantitative estimate of drug-likeness (QED) is 0.572. The van der Waals surface area contributed by atoms with Gasteiger partial charge in [-0.2, -0.15) is 0 Å². The number of fused-ring (bicyclic) bond motifs is 2. The maximum atomic E-state index is 12.9. The van der Waals surface area contributed by atoms with Gasteiger partial charge in [-0.3, -0.25) is 4.79 Å². The summed E-state index contributed by atoms with van der Waals surface area (Å²) in [7, 11) is 0. The molecule has 0 heterocycles. The van der Waals surface area contributed by atoms with Gasteiger partial charge in [-0.15, -0.1) is 0 Å². The molecule has 120 valence electrons. The van der Waals surface area contributed by atoms with E-state index >= 15 is 0 Å². The van der Waals surface area contributed by atoms with Gasteiger partial charge in [0.15, 0.2) is 0 Å². The SMILES string of the molecule is CCC1(OC(=O)[C@@H]2C[C@@H]3C=C[C@H]2C3)C2CC3CC(C2)CC1C3. The number of hydrogen-bond acceptors (Lipinski definition) is 2. The van der Waals surface area contributed by atoms with E-state index in [2.05, 4.69) is 19.1 Å². The van der Waals surface area contributed by atoms with Crippen molar-refractivity contribution in [2.24, 2.45) is 41.4 Å². The van der Waals surface area contributed by atoms with Gasteiger partial charge in [0, 0.05) is 0 Å². The summed E-state index contributed by atoms with van der Waals surface area (Å²) in [6.45, 7) is 2.26. The molecule has 0 N–H and O–H groups in total. The number of carbonyl (C=O) groups excluding carboxylic acids is 1. The number of carbonyl (C=O) groups is 1. The summed E-state index contributed by atoms with van der Waals surface area (Å²) in [5, 5.41) is 0. The molecule has 6 bridgehead atoms. The molecule has 6 aliphatic carbocycles. The molecule has 0 aromatic carbocycles. The van der Waals surface area contributed by atoms with Crippen molar-refractivity contribution < 1.29 is 9.53 Å². The van der Waals surface area contributed by atoms with E-state index in [-0.39, 0.29) is 17.5 Å². The zero-order chi connectivity index (χ0) is 14.9. The third-order valence-corrected chi connectivity index (χ3v) is 7.95. The fourth-order valence-corrected chi connectivity index (χ4v) is 7.11. The average molecular weight is 300 g/mol. The summed E-state index contributed by atoms with van der Waals surface area (Å²) in [4.78, 5) is 12.9. The van der Waals surface area contributed by atoms with Crippen molar-refractivity contribution in [2.45, 2.75) is 63.9 Å². The van der Waals surface area contributed by atoms with E-state index in [0.717, 1.165) is 24.7 Å². The minimum Gasteiger partial charge on any atom is -0.458 e. The Labute approximate surface area is 133 Å². The van der Waals surface area contributed by atoms with Gasteiger partial charge >= 0.3 is 5.97 Å². The van der Waals surface area contributed by atoms with Crippen molar-refractivity contribution >= 4 is 5.97 Å². The fourth-order valence-electron chi connectivity index (χ4n) is 7.11. The van der Waals surface area contributed by atoms with Crippen LogP contribution in [0, 0.1) is 41.4 Å². The van der Waals surface area contributed by atoms with E-state index in [1.54, 1.807) is 0 Å². The van der Waals surface area contributed by atoms with E-state index < -0.39 is 0 Å². The van der Waals surface area contributed by atoms with Gasteiger partial charge in [-0.05, 0) is 86.9 Å². The Bertz CT molecular complexity index is 492. The topological polar surface area (TPSA) is 26.3 Å². The Morgan fingerprint density at radius 2 is 1.68 bits per heavy atom. The third-order valence-electron chi connectivity index (χ3n) is 7.95. The highest BCUT2D eigenvalue weighted by Crippen LogP contribution is 2.61. The Morgan fingerprint density at radius 1 is 1.00 bits per heavy atom. The molecule has 6 rings (SSSR count).